The zero-order chi connectivity index (χ0) is 14.5. The molecule has 0 heterocycles. The molecule has 19 heavy (non-hydrogen) atoms. The molecule has 0 bridgehead atoms. The molecule has 0 unspecified atom stereocenters. The smallest absolute Gasteiger partial charge is 0.240 e. The van der Waals surface area contributed by atoms with Crippen LogP contribution < -0.4 is 16.0 Å². The normalized spacial score (nSPS) is 11.5. The molecule has 0 fully saturated rings. The number of nitrogens with zero attached hydrogens (tertiary/aromatic N) is 1. The molecule has 1 rings (SSSR count). The lowest BCUT2D eigenvalue weighted by Gasteiger charge is -2.28. The Bertz CT molecular complexity index is 415. The maximum absolute atomic E-state index is 11.6. The second-order valence-electron chi connectivity index (χ2n) is 5.38. The first-order valence-electron chi connectivity index (χ1n) is 6.21. The Kier molecular flexibility index (Phi) is 5.32. The van der Waals surface area contributed by atoms with Gasteiger partial charge < -0.3 is 9.64 Å². The van der Waals surface area contributed by atoms with Crippen molar-refractivity contribution in [2.45, 2.75) is 20.4 Å². The topological polar surface area (TPSA) is 67.6 Å². The lowest BCUT2D eigenvalue weighted by Crippen LogP contribution is -2.46. The summed E-state index contributed by atoms with van der Waals surface area (Å²) < 4.78 is 5.12. The summed E-state index contributed by atoms with van der Waals surface area (Å²) in [4.78, 5) is 13.7. The monoisotopic (exact) mass is 265 g/mol. The molecule has 0 atom stereocenters. The summed E-state index contributed by atoms with van der Waals surface area (Å²) >= 11 is 0. The molecule has 0 aliphatic heterocycles. The molecule has 5 nitrogen and oxygen atoms in total. The number of carbonyl (C=O) groups excluding carboxylic acids is 1. The highest BCUT2D eigenvalue weighted by molar-refractivity contribution is 5.81. The number of hydrogen-bond donors (Lipinski definition) is 2. The minimum atomic E-state index is -0.518. The molecular weight excluding hydrogens is 242 g/mol. The number of amides is 1. The van der Waals surface area contributed by atoms with E-state index in [9.17, 15) is 4.79 Å². The third-order valence-corrected chi connectivity index (χ3v) is 3.02. The highest BCUT2D eigenvalue weighted by atomic mass is 16.5. The Balaban J connectivity index is 2.59. The van der Waals surface area contributed by atoms with Gasteiger partial charge in [0.2, 0.25) is 5.91 Å². The summed E-state index contributed by atoms with van der Waals surface area (Å²) in [6.45, 7) is 5.15. The predicted molar refractivity (Wildman–Crippen MR) is 75.4 cm³/mol. The van der Waals surface area contributed by atoms with Gasteiger partial charge in [0, 0.05) is 13.1 Å². The molecule has 0 saturated carbocycles. The number of hydrogen-bond acceptors (Lipinski definition) is 4. The summed E-state index contributed by atoms with van der Waals surface area (Å²) in [5, 5.41) is 0. The average molecular weight is 265 g/mol. The fraction of sp³-hybridized carbons (Fsp3) is 0.500. The first-order valence-corrected chi connectivity index (χ1v) is 6.21. The van der Waals surface area contributed by atoms with Crippen molar-refractivity contribution in [3.63, 3.8) is 0 Å². The summed E-state index contributed by atoms with van der Waals surface area (Å²) in [7, 11) is 3.63. The van der Waals surface area contributed by atoms with Crippen LogP contribution in [0.1, 0.15) is 19.4 Å². The van der Waals surface area contributed by atoms with Crippen LogP contribution in [0.4, 0.5) is 0 Å². The van der Waals surface area contributed by atoms with Crippen molar-refractivity contribution >= 4 is 5.91 Å². The molecule has 0 radical (unpaired) electrons. The van der Waals surface area contributed by atoms with Crippen LogP contribution in [-0.2, 0) is 11.3 Å². The SMILES string of the molecule is COc1ccc(CN(C)CC(C)(C)C(=O)NN)cc1. The van der Waals surface area contributed by atoms with Crippen LogP contribution in [0.3, 0.4) is 0 Å². The molecule has 5 heteroatoms. The van der Waals surface area contributed by atoms with Crippen molar-refractivity contribution in [2.75, 3.05) is 20.7 Å². The fourth-order valence-electron chi connectivity index (χ4n) is 2.04. The molecule has 0 spiro atoms. The third kappa shape index (κ3) is 4.54. The number of nitrogens with one attached hydrogen (secondary N) is 1. The fourth-order valence-corrected chi connectivity index (χ4v) is 2.04. The van der Waals surface area contributed by atoms with Crippen LogP contribution in [0.2, 0.25) is 0 Å². The van der Waals surface area contributed by atoms with Gasteiger partial charge in [0.15, 0.2) is 0 Å². The van der Waals surface area contributed by atoms with Crippen LogP contribution in [0, 0.1) is 5.41 Å². The van der Waals surface area contributed by atoms with E-state index in [0.717, 1.165) is 12.3 Å². The lowest BCUT2D eigenvalue weighted by atomic mass is 9.92. The van der Waals surface area contributed by atoms with Gasteiger partial charge in [-0.1, -0.05) is 12.1 Å². The summed E-state index contributed by atoms with van der Waals surface area (Å²) in [6, 6.07) is 7.90. The van der Waals surface area contributed by atoms with Crippen molar-refractivity contribution in [1.82, 2.24) is 10.3 Å². The molecule has 106 valence electrons. The van der Waals surface area contributed by atoms with Gasteiger partial charge in [-0.05, 0) is 38.6 Å². The Morgan fingerprint density at radius 3 is 2.42 bits per heavy atom. The van der Waals surface area contributed by atoms with Crippen LogP contribution >= 0.6 is 0 Å². The number of hydrazine groups is 1. The highest BCUT2D eigenvalue weighted by Crippen LogP contribution is 2.18. The van der Waals surface area contributed by atoms with Crippen LogP contribution in [0.15, 0.2) is 24.3 Å². The molecular formula is C14H23N3O2. The van der Waals surface area contributed by atoms with Crippen LogP contribution in [-0.4, -0.2) is 31.5 Å². The van der Waals surface area contributed by atoms with E-state index in [1.54, 1.807) is 7.11 Å². The average Bonchev–Trinajstić information content (AvgIpc) is 2.37. The van der Waals surface area contributed by atoms with E-state index in [1.165, 1.54) is 5.56 Å². The Labute approximate surface area is 114 Å². The Hall–Kier alpha value is -1.59. The first kappa shape index (κ1) is 15.5. The van der Waals surface area contributed by atoms with Gasteiger partial charge in [0.25, 0.3) is 0 Å². The van der Waals surface area contributed by atoms with Crippen molar-refractivity contribution in [3.05, 3.63) is 29.8 Å². The first-order chi connectivity index (χ1) is 8.89. The van der Waals surface area contributed by atoms with Crippen molar-refractivity contribution in [1.29, 1.82) is 0 Å². The zero-order valence-electron chi connectivity index (χ0n) is 12.1. The van der Waals surface area contributed by atoms with Gasteiger partial charge >= 0.3 is 0 Å². The largest absolute Gasteiger partial charge is 0.497 e. The van der Waals surface area contributed by atoms with Crippen LogP contribution in [0.25, 0.3) is 0 Å². The van der Waals surface area contributed by atoms with Crippen molar-refractivity contribution in [2.24, 2.45) is 11.3 Å². The maximum atomic E-state index is 11.6. The van der Waals surface area contributed by atoms with Gasteiger partial charge in [0.1, 0.15) is 5.75 Å². The number of benzene rings is 1. The third-order valence-electron chi connectivity index (χ3n) is 3.02. The quantitative estimate of drug-likeness (QED) is 0.460. The summed E-state index contributed by atoms with van der Waals surface area (Å²) in [5.74, 6) is 5.87. The van der Waals surface area contributed by atoms with E-state index < -0.39 is 5.41 Å². The molecule has 1 amide bonds. The lowest BCUT2D eigenvalue weighted by molar-refractivity contribution is -0.130. The van der Waals surface area contributed by atoms with E-state index in [2.05, 4.69) is 10.3 Å². The van der Waals surface area contributed by atoms with Crippen molar-refractivity contribution in [3.8, 4) is 5.75 Å². The Morgan fingerprint density at radius 1 is 1.37 bits per heavy atom. The molecule has 1 aromatic rings. The Morgan fingerprint density at radius 2 is 1.95 bits per heavy atom. The zero-order valence-corrected chi connectivity index (χ0v) is 12.1. The van der Waals surface area contributed by atoms with E-state index in [4.69, 9.17) is 10.6 Å². The van der Waals surface area contributed by atoms with E-state index in [1.807, 2.05) is 45.2 Å². The molecule has 0 aromatic heterocycles. The highest BCUT2D eigenvalue weighted by Gasteiger charge is 2.28. The van der Waals surface area contributed by atoms with Gasteiger partial charge in [-0.3, -0.25) is 10.2 Å². The summed E-state index contributed by atoms with van der Waals surface area (Å²) in [5.41, 5.74) is 2.86. The number of methoxy groups -OCH3 is 1. The van der Waals surface area contributed by atoms with Crippen LogP contribution in [0.5, 0.6) is 5.75 Å². The molecule has 0 saturated heterocycles. The van der Waals surface area contributed by atoms with Gasteiger partial charge in [0.05, 0.1) is 12.5 Å². The summed E-state index contributed by atoms with van der Waals surface area (Å²) in [6.07, 6.45) is 0. The van der Waals surface area contributed by atoms with E-state index in [0.29, 0.717) is 6.54 Å². The number of nitrogens with two attached hydrogens (primary N) is 1. The van der Waals surface area contributed by atoms with Gasteiger partial charge in [-0.2, -0.15) is 0 Å². The molecule has 0 aliphatic rings. The van der Waals surface area contributed by atoms with E-state index in [-0.39, 0.29) is 5.91 Å². The number of rotatable bonds is 6. The second kappa shape index (κ2) is 6.54. The molecule has 0 aliphatic carbocycles. The molecule has 1 aromatic carbocycles. The predicted octanol–water partition coefficient (Wildman–Crippen LogP) is 1.14. The van der Waals surface area contributed by atoms with Gasteiger partial charge in [-0.15, -0.1) is 0 Å². The number of carbonyl (C=O) groups is 1. The number of ether oxygens (including phenoxy) is 1. The minimum absolute atomic E-state index is 0.158. The second-order valence-corrected chi connectivity index (χ2v) is 5.38. The minimum Gasteiger partial charge on any atom is -0.497 e. The standard InChI is InChI=1S/C14H23N3O2/c1-14(2,13(18)16-15)10-17(3)9-11-5-7-12(19-4)8-6-11/h5-8H,9-10,15H2,1-4H3,(H,16,18). The van der Waals surface area contributed by atoms with Crippen molar-refractivity contribution < 1.29 is 9.53 Å². The van der Waals surface area contributed by atoms with E-state index >= 15 is 0 Å². The maximum Gasteiger partial charge on any atom is 0.240 e. The van der Waals surface area contributed by atoms with Gasteiger partial charge in [-0.25, -0.2) is 5.84 Å². The molecule has 3 N–H and O–H groups in total.